The molecule has 1 aliphatic rings. The van der Waals surface area contributed by atoms with Crippen LogP contribution in [0.5, 0.6) is 11.5 Å². The first kappa shape index (κ1) is 13.2. The largest absolute Gasteiger partial charge is 0.486 e. The van der Waals surface area contributed by atoms with Gasteiger partial charge in [0.1, 0.15) is 13.2 Å². The number of fused-ring (bicyclic) bond motifs is 1. The highest BCUT2D eigenvalue weighted by atomic mass is 79.9. The minimum Gasteiger partial charge on any atom is -0.486 e. The van der Waals surface area contributed by atoms with E-state index in [1.807, 2.05) is 6.92 Å². The van der Waals surface area contributed by atoms with Crippen LogP contribution in [0.4, 0.5) is 0 Å². The molecule has 1 aromatic carbocycles. The number of rotatable bonds is 3. The highest BCUT2D eigenvalue weighted by Crippen LogP contribution is 2.43. The van der Waals surface area contributed by atoms with Crippen molar-refractivity contribution in [3.05, 3.63) is 21.7 Å². The van der Waals surface area contributed by atoms with Crippen LogP contribution < -0.4 is 15.2 Å². The lowest BCUT2D eigenvalue weighted by Crippen LogP contribution is -2.20. The van der Waals surface area contributed by atoms with Crippen molar-refractivity contribution >= 4 is 21.9 Å². The van der Waals surface area contributed by atoms with Crippen LogP contribution in [0.15, 0.2) is 10.5 Å². The monoisotopic (exact) mass is 315 g/mol. The molecule has 1 atom stereocenters. The fraction of sp³-hybridized carbons (Fsp3) is 0.417. The van der Waals surface area contributed by atoms with Crippen LogP contribution in [0.25, 0.3) is 0 Å². The first-order valence-electron chi connectivity index (χ1n) is 5.56. The molecule has 0 saturated carbocycles. The molecule has 0 aromatic heterocycles. The van der Waals surface area contributed by atoms with Gasteiger partial charge in [0.05, 0.1) is 10.9 Å². The standard InChI is InChI=1S/C12H14BrNO4/c1-6-7(9(14)5-10(15)16)4-8(13)12-11(6)17-2-3-18-12/h4,9H,2-3,5,14H2,1H3,(H,15,16). The van der Waals surface area contributed by atoms with Gasteiger partial charge in [0.2, 0.25) is 0 Å². The van der Waals surface area contributed by atoms with E-state index in [0.29, 0.717) is 24.7 Å². The van der Waals surface area contributed by atoms with Gasteiger partial charge in [-0.05, 0) is 40.0 Å². The average molecular weight is 316 g/mol. The Morgan fingerprint density at radius 2 is 2.11 bits per heavy atom. The minimum absolute atomic E-state index is 0.118. The maximum atomic E-state index is 10.7. The smallest absolute Gasteiger partial charge is 0.305 e. The van der Waals surface area contributed by atoms with E-state index in [1.165, 1.54) is 0 Å². The first-order chi connectivity index (χ1) is 8.50. The molecule has 1 heterocycles. The van der Waals surface area contributed by atoms with E-state index in [9.17, 15) is 4.79 Å². The third-order valence-electron chi connectivity index (χ3n) is 2.85. The average Bonchev–Trinajstić information content (AvgIpc) is 2.33. The second-order valence-electron chi connectivity index (χ2n) is 4.13. The second kappa shape index (κ2) is 5.16. The van der Waals surface area contributed by atoms with Gasteiger partial charge in [-0.25, -0.2) is 0 Å². The number of carboxylic acids is 1. The molecular weight excluding hydrogens is 302 g/mol. The molecule has 0 saturated heterocycles. The Bertz CT molecular complexity index is 489. The Labute approximate surface area is 113 Å². The SMILES string of the molecule is Cc1c(C(N)CC(=O)O)cc(Br)c2c1OCCO2. The maximum absolute atomic E-state index is 10.7. The van der Waals surface area contributed by atoms with Crippen molar-refractivity contribution in [3.63, 3.8) is 0 Å². The van der Waals surface area contributed by atoms with E-state index in [1.54, 1.807) is 6.07 Å². The normalized spacial score (nSPS) is 15.3. The fourth-order valence-corrected chi connectivity index (χ4v) is 2.54. The molecule has 1 aliphatic heterocycles. The molecule has 0 amide bonds. The first-order valence-corrected chi connectivity index (χ1v) is 6.36. The summed E-state index contributed by atoms with van der Waals surface area (Å²) in [5.74, 6) is 0.379. The number of hydrogen-bond donors (Lipinski definition) is 2. The van der Waals surface area contributed by atoms with Crippen molar-refractivity contribution in [2.45, 2.75) is 19.4 Å². The van der Waals surface area contributed by atoms with Gasteiger partial charge in [-0.15, -0.1) is 0 Å². The van der Waals surface area contributed by atoms with Crippen LogP contribution in [0.3, 0.4) is 0 Å². The lowest BCUT2D eigenvalue weighted by atomic mass is 9.98. The van der Waals surface area contributed by atoms with Crippen molar-refractivity contribution in [2.75, 3.05) is 13.2 Å². The summed E-state index contributed by atoms with van der Waals surface area (Å²) in [5.41, 5.74) is 7.49. The molecule has 18 heavy (non-hydrogen) atoms. The topological polar surface area (TPSA) is 81.8 Å². The van der Waals surface area contributed by atoms with E-state index in [-0.39, 0.29) is 6.42 Å². The zero-order valence-electron chi connectivity index (χ0n) is 9.90. The summed E-state index contributed by atoms with van der Waals surface area (Å²) in [4.78, 5) is 10.7. The Kier molecular flexibility index (Phi) is 3.77. The van der Waals surface area contributed by atoms with E-state index in [4.69, 9.17) is 20.3 Å². The summed E-state index contributed by atoms with van der Waals surface area (Å²) < 4.78 is 11.8. The summed E-state index contributed by atoms with van der Waals surface area (Å²) in [7, 11) is 0. The van der Waals surface area contributed by atoms with Gasteiger partial charge in [0.15, 0.2) is 11.5 Å². The molecule has 1 unspecified atom stereocenters. The van der Waals surface area contributed by atoms with Gasteiger partial charge in [0.25, 0.3) is 0 Å². The molecule has 0 aliphatic carbocycles. The van der Waals surface area contributed by atoms with Crippen LogP contribution >= 0.6 is 15.9 Å². The fourth-order valence-electron chi connectivity index (χ4n) is 2.00. The Morgan fingerprint density at radius 3 is 2.72 bits per heavy atom. The summed E-state index contributed by atoms with van der Waals surface area (Å²) in [6.07, 6.45) is -0.118. The van der Waals surface area contributed by atoms with Crippen LogP contribution in [0.2, 0.25) is 0 Å². The van der Waals surface area contributed by atoms with Crippen molar-refractivity contribution in [1.29, 1.82) is 0 Å². The van der Waals surface area contributed by atoms with Gasteiger partial charge in [-0.2, -0.15) is 0 Å². The Hall–Kier alpha value is -1.27. The van der Waals surface area contributed by atoms with Crippen LogP contribution in [0, 0.1) is 6.92 Å². The summed E-state index contributed by atoms with van der Waals surface area (Å²) >= 11 is 3.39. The molecule has 2 rings (SSSR count). The molecule has 1 aromatic rings. The zero-order chi connectivity index (χ0) is 13.3. The minimum atomic E-state index is -0.923. The summed E-state index contributed by atoms with van der Waals surface area (Å²) in [5, 5.41) is 8.80. The maximum Gasteiger partial charge on any atom is 0.305 e. The van der Waals surface area contributed by atoms with Crippen LogP contribution in [0.1, 0.15) is 23.6 Å². The number of ether oxygens (including phenoxy) is 2. The third kappa shape index (κ3) is 2.44. The molecule has 0 radical (unpaired) electrons. The molecule has 0 spiro atoms. The number of halogens is 1. The van der Waals surface area contributed by atoms with E-state index < -0.39 is 12.0 Å². The van der Waals surface area contributed by atoms with Gasteiger partial charge in [0, 0.05) is 6.04 Å². The molecule has 0 fully saturated rings. The van der Waals surface area contributed by atoms with Crippen molar-refractivity contribution in [3.8, 4) is 11.5 Å². The molecule has 5 nitrogen and oxygen atoms in total. The molecular formula is C12H14BrNO4. The van der Waals surface area contributed by atoms with E-state index >= 15 is 0 Å². The van der Waals surface area contributed by atoms with Gasteiger partial charge in [-0.1, -0.05) is 0 Å². The van der Waals surface area contributed by atoms with Gasteiger partial charge >= 0.3 is 5.97 Å². The second-order valence-corrected chi connectivity index (χ2v) is 4.99. The number of nitrogens with two attached hydrogens (primary N) is 1. The highest BCUT2D eigenvalue weighted by molar-refractivity contribution is 9.10. The van der Waals surface area contributed by atoms with Crippen LogP contribution in [-0.4, -0.2) is 24.3 Å². The van der Waals surface area contributed by atoms with Gasteiger partial charge in [-0.3, -0.25) is 4.79 Å². The molecule has 0 bridgehead atoms. The third-order valence-corrected chi connectivity index (χ3v) is 3.44. The lowest BCUT2D eigenvalue weighted by molar-refractivity contribution is -0.137. The number of carboxylic acid groups (broad SMARTS) is 1. The zero-order valence-corrected chi connectivity index (χ0v) is 11.5. The molecule has 6 heteroatoms. The van der Waals surface area contributed by atoms with Crippen molar-refractivity contribution in [2.24, 2.45) is 5.73 Å². The summed E-state index contributed by atoms with van der Waals surface area (Å²) in [6, 6.07) is 1.24. The molecule has 98 valence electrons. The van der Waals surface area contributed by atoms with Crippen molar-refractivity contribution in [1.82, 2.24) is 0 Å². The Morgan fingerprint density at radius 1 is 1.50 bits per heavy atom. The summed E-state index contributed by atoms with van der Waals surface area (Å²) in [6.45, 7) is 2.85. The Balaban J connectivity index is 2.43. The lowest BCUT2D eigenvalue weighted by Gasteiger charge is -2.24. The van der Waals surface area contributed by atoms with E-state index in [2.05, 4.69) is 15.9 Å². The van der Waals surface area contributed by atoms with Crippen LogP contribution in [-0.2, 0) is 4.79 Å². The number of carbonyl (C=O) groups is 1. The number of hydrogen-bond acceptors (Lipinski definition) is 4. The predicted octanol–water partition coefficient (Wildman–Crippen LogP) is 2.00. The predicted molar refractivity (Wildman–Crippen MR) is 69.1 cm³/mol. The molecule has 3 N–H and O–H groups in total. The van der Waals surface area contributed by atoms with E-state index in [0.717, 1.165) is 15.6 Å². The van der Waals surface area contributed by atoms with Crippen molar-refractivity contribution < 1.29 is 19.4 Å². The highest BCUT2D eigenvalue weighted by Gasteiger charge is 2.23. The quantitative estimate of drug-likeness (QED) is 0.891. The van der Waals surface area contributed by atoms with Gasteiger partial charge < -0.3 is 20.3 Å². The number of aliphatic carboxylic acids is 1. The number of benzene rings is 1.